The lowest BCUT2D eigenvalue weighted by Gasteiger charge is -2.37. The fourth-order valence-electron chi connectivity index (χ4n) is 1.75. The summed E-state index contributed by atoms with van der Waals surface area (Å²) in [6.07, 6.45) is 4.06. The predicted molar refractivity (Wildman–Crippen MR) is 52.0 cm³/mol. The van der Waals surface area contributed by atoms with E-state index in [2.05, 4.69) is 0 Å². The van der Waals surface area contributed by atoms with Crippen molar-refractivity contribution in [2.45, 2.75) is 43.4 Å². The van der Waals surface area contributed by atoms with E-state index in [0.29, 0.717) is 38.8 Å². The van der Waals surface area contributed by atoms with Crippen molar-refractivity contribution in [3.63, 3.8) is 0 Å². The van der Waals surface area contributed by atoms with E-state index in [0.717, 1.165) is 0 Å². The molecule has 2 fully saturated rings. The van der Waals surface area contributed by atoms with Crippen LogP contribution in [0.4, 0.5) is 0 Å². The van der Waals surface area contributed by atoms with Crippen molar-refractivity contribution in [1.82, 2.24) is 0 Å². The van der Waals surface area contributed by atoms with Gasteiger partial charge in [-0.05, 0) is 12.8 Å². The second-order valence-corrected chi connectivity index (χ2v) is 4.36. The molecule has 0 aromatic carbocycles. The Morgan fingerprint density at radius 2 is 2.29 bits per heavy atom. The predicted octanol–water partition coefficient (Wildman–Crippen LogP) is 0.0342. The molecular formula is C10H19NO3. The second-order valence-electron chi connectivity index (χ2n) is 4.36. The molecule has 2 atom stereocenters. The molecule has 1 aliphatic heterocycles. The van der Waals surface area contributed by atoms with E-state index in [-0.39, 0.29) is 6.04 Å². The molecule has 0 aromatic heterocycles. The van der Waals surface area contributed by atoms with Crippen LogP contribution in [0.3, 0.4) is 0 Å². The number of rotatable bonds is 4. The fraction of sp³-hybridized carbons (Fsp3) is 1.00. The normalized spacial score (nSPS) is 38.6. The summed E-state index contributed by atoms with van der Waals surface area (Å²) in [6.45, 7) is 1.68. The van der Waals surface area contributed by atoms with Crippen LogP contribution in [0.5, 0.6) is 0 Å². The van der Waals surface area contributed by atoms with Crippen LogP contribution in [0.15, 0.2) is 0 Å². The standard InChI is InChI=1S/C10H19NO3/c11-9-7-13-5-3-10(9,12)4-6-14-8-1-2-8/h8-9,12H,1-7,11H2. The first-order chi connectivity index (χ1) is 6.71. The van der Waals surface area contributed by atoms with Gasteiger partial charge in [0.25, 0.3) is 0 Å². The summed E-state index contributed by atoms with van der Waals surface area (Å²) in [5.41, 5.74) is 5.04. The number of hydrogen-bond donors (Lipinski definition) is 2. The lowest BCUT2D eigenvalue weighted by molar-refractivity contribution is -0.0954. The maximum atomic E-state index is 10.2. The molecule has 14 heavy (non-hydrogen) atoms. The zero-order valence-corrected chi connectivity index (χ0v) is 8.45. The largest absolute Gasteiger partial charge is 0.388 e. The van der Waals surface area contributed by atoms with E-state index in [1.807, 2.05) is 0 Å². The van der Waals surface area contributed by atoms with E-state index in [4.69, 9.17) is 15.2 Å². The average Bonchev–Trinajstić information content (AvgIpc) is 2.94. The van der Waals surface area contributed by atoms with Crippen LogP contribution in [-0.4, -0.2) is 42.7 Å². The quantitative estimate of drug-likeness (QED) is 0.673. The van der Waals surface area contributed by atoms with Crippen LogP contribution in [0.1, 0.15) is 25.7 Å². The molecule has 0 bridgehead atoms. The number of aliphatic hydroxyl groups is 1. The lowest BCUT2D eigenvalue weighted by Crippen LogP contribution is -2.55. The Morgan fingerprint density at radius 3 is 2.93 bits per heavy atom. The van der Waals surface area contributed by atoms with Gasteiger partial charge in [0.05, 0.1) is 24.4 Å². The highest BCUT2D eigenvalue weighted by molar-refractivity contribution is 4.92. The maximum Gasteiger partial charge on any atom is 0.0864 e. The summed E-state index contributed by atoms with van der Waals surface area (Å²) in [4.78, 5) is 0. The number of ether oxygens (including phenoxy) is 2. The lowest BCUT2D eigenvalue weighted by atomic mass is 9.87. The Kier molecular flexibility index (Phi) is 3.07. The number of nitrogens with two attached hydrogens (primary N) is 1. The smallest absolute Gasteiger partial charge is 0.0864 e. The molecule has 0 aromatic rings. The highest BCUT2D eigenvalue weighted by Gasteiger charge is 2.37. The van der Waals surface area contributed by atoms with Gasteiger partial charge in [-0.2, -0.15) is 0 Å². The van der Waals surface area contributed by atoms with Crippen LogP contribution in [0.25, 0.3) is 0 Å². The van der Waals surface area contributed by atoms with E-state index >= 15 is 0 Å². The van der Waals surface area contributed by atoms with Gasteiger partial charge in [-0.3, -0.25) is 0 Å². The molecule has 82 valence electrons. The highest BCUT2D eigenvalue weighted by atomic mass is 16.5. The van der Waals surface area contributed by atoms with Gasteiger partial charge in [0.1, 0.15) is 0 Å². The summed E-state index contributed by atoms with van der Waals surface area (Å²) >= 11 is 0. The van der Waals surface area contributed by atoms with Crippen LogP contribution < -0.4 is 5.73 Å². The number of hydrogen-bond acceptors (Lipinski definition) is 4. The van der Waals surface area contributed by atoms with E-state index in [1.54, 1.807) is 0 Å². The average molecular weight is 201 g/mol. The molecule has 2 unspecified atom stereocenters. The van der Waals surface area contributed by atoms with Crippen molar-refractivity contribution in [3.8, 4) is 0 Å². The Morgan fingerprint density at radius 1 is 1.50 bits per heavy atom. The Bertz CT molecular complexity index is 196. The molecule has 2 aliphatic rings. The van der Waals surface area contributed by atoms with Crippen molar-refractivity contribution in [2.75, 3.05) is 19.8 Å². The molecule has 0 spiro atoms. The van der Waals surface area contributed by atoms with E-state index in [9.17, 15) is 5.11 Å². The van der Waals surface area contributed by atoms with E-state index in [1.165, 1.54) is 12.8 Å². The van der Waals surface area contributed by atoms with Gasteiger partial charge in [-0.1, -0.05) is 0 Å². The van der Waals surface area contributed by atoms with Crippen LogP contribution >= 0.6 is 0 Å². The van der Waals surface area contributed by atoms with Crippen molar-refractivity contribution in [2.24, 2.45) is 5.73 Å². The first-order valence-corrected chi connectivity index (χ1v) is 5.38. The summed E-state index contributed by atoms with van der Waals surface area (Å²) in [5, 5.41) is 10.2. The molecule has 4 nitrogen and oxygen atoms in total. The minimum absolute atomic E-state index is 0.265. The van der Waals surface area contributed by atoms with Gasteiger partial charge in [0.15, 0.2) is 0 Å². The Hall–Kier alpha value is -0.160. The molecule has 1 saturated heterocycles. The van der Waals surface area contributed by atoms with Crippen molar-refractivity contribution in [1.29, 1.82) is 0 Å². The van der Waals surface area contributed by atoms with Crippen LogP contribution in [-0.2, 0) is 9.47 Å². The Balaban J connectivity index is 1.73. The molecule has 2 rings (SSSR count). The third-order valence-electron chi connectivity index (χ3n) is 3.08. The van der Waals surface area contributed by atoms with Crippen molar-refractivity contribution < 1.29 is 14.6 Å². The molecule has 0 amide bonds. The van der Waals surface area contributed by atoms with Crippen molar-refractivity contribution >= 4 is 0 Å². The topological polar surface area (TPSA) is 64.7 Å². The zero-order valence-electron chi connectivity index (χ0n) is 8.45. The van der Waals surface area contributed by atoms with Gasteiger partial charge in [-0.15, -0.1) is 0 Å². The second kappa shape index (κ2) is 4.14. The molecule has 4 heteroatoms. The molecular weight excluding hydrogens is 182 g/mol. The summed E-state index contributed by atoms with van der Waals surface area (Å²) in [6, 6.07) is -0.265. The molecule has 1 saturated carbocycles. The minimum Gasteiger partial charge on any atom is -0.388 e. The highest BCUT2D eigenvalue weighted by Crippen LogP contribution is 2.27. The van der Waals surface area contributed by atoms with Crippen molar-refractivity contribution in [3.05, 3.63) is 0 Å². The first kappa shape index (κ1) is 10.4. The van der Waals surface area contributed by atoms with Gasteiger partial charge < -0.3 is 20.3 Å². The van der Waals surface area contributed by atoms with Crippen LogP contribution in [0.2, 0.25) is 0 Å². The third kappa shape index (κ3) is 2.45. The summed E-state index contributed by atoms with van der Waals surface area (Å²) in [7, 11) is 0. The summed E-state index contributed by atoms with van der Waals surface area (Å²) in [5.74, 6) is 0. The molecule has 3 N–H and O–H groups in total. The SMILES string of the molecule is NC1COCCC1(O)CCOC1CC1. The first-order valence-electron chi connectivity index (χ1n) is 5.38. The summed E-state index contributed by atoms with van der Waals surface area (Å²) < 4.78 is 10.7. The zero-order chi connectivity index (χ0) is 10.0. The Labute approximate surface area is 84.4 Å². The maximum absolute atomic E-state index is 10.2. The fourth-order valence-corrected chi connectivity index (χ4v) is 1.75. The van der Waals surface area contributed by atoms with Gasteiger partial charge in [0, 0.05) is 26.1 Å². The molecule has 0 radical (unpaired) electrons. The van der Waals surface area contributed by atoms with E-state index < -0.39 is 5.60 Å². The molecule has 1 aliphatic carbocycles. The van der Waals surface area contributed by atoms with Gasteiger partial charge >= 0.3 is 0 Å². The third-order valence-corrected chi connectivity index (χ3v) is 3.08. The van der Waals surface area contributed by atoms with Gasteiger partial charge in [0.2, 0.25) is 0 Å². The monoisotopic (exact) mass is 201 g/mol. The molecule has 1 heterocycles. The van der Waals surface area contributed by atoms with Crippen LogP contribution in [0, 0.1) is 0 Å². The van der Waals surface area contributed by atoms with Gasteiger partial charge in [-0.25, -0.2) is 0 Å². The minimum atomic E-state index is -0.771.